The van der Waals surface area contributed by atoms with Crippen LogP contribution in [0.15, 0.2) is 66.9 Å². The number of carbonyl (C=O) groups is 1. The number of carbonyl (C=O) groups excluding carboxylic acids is 1. The van der Waals surface area contributed by atoms with E-state index in [2.05, 4.69) is 16.7 Å². The first-order chi connectivity index (χ1) is 9.25. The molecule has 2 aromatic carbocycles. The maximum absolute atomic E-state index is 11.4. The molecule has 0 aliphatic rings. The zero-order chi connectivity index (χ0) is 13.2. The summed E-state index contributed by atoms with van der Waals surface area (Å²) in [6, 6.07) is 20.0. The number of hydrogen-bond acceptors (Lipinski definition) is 1. The Morgan fingerprint density at radius 3 is 2.47 bits per heavy atom. The van der Waals surface area contributed by atoms with Gasteiger partial charge in [-0.1, -0.05) is 18.2 Å². The molecule has 0 saturated heterocycles. The lowest BCUT2D eigenvalue weighted by Crippen LogP contribution is -2.30. The van der Waals surface area contributed by atoms with Gasteiger partial charge in [0.15, 0.2) is 12.0 Å². The maximum atomic E-state index is 11.4. The predicted octanol–water partition coefficient (Wildman–Crippen LogP) is 3.32. The summed E-state index contributed by atoms with van der Waals surface area (Å²) < 4.78 is 2.12. The summed E-state index contributed by atoms with van der Waals surface area (Å²) in [4.78, 5) is 11.4. The van der Waals surface area contributed by atoms with Gasteiger partial charge in [0.2, 0.25) is 11.2 Å². The summed E-state index contributed by atoms with van der Waals surface area (Å²) in [6.45, 7) is 1.59. The quantitative estimate of drug-likeness (QED) is 0.503. The number of pyridine rings is 1. The van der Waals surface area contributed by atoms with Crippen LogP contribution in [0.4, 0.5) is 0 Å². The summed E-state index contributed by atoms with van der Waals surface area (Å²) in [7, 11) is 0. The molecule has 0 unspecified atom stereocenters. The minimum atomic E-state index is 0.0945. The highest BCUT2D eigenvalue weighted by molar-refractivity contribution is 5.97. The minimum Gasteiger partial charge on any atom is -0.295 e. The van der Waals surface area contributed by atoms with Crippen LogP contribution in [0.25, 0.3) is 16.6 Å². The van der Waals surface area contributed by atoms with Crippen molar-refractivity contribution in [1.82, 2.24) is 0 Å². The highest BCUT2D eigenvalue weighted by Crippen LogP contribution is 2.14. The molecule has 3 rings (SSSR count). The van der Waals surface area contributed by atoms with Crippen LogP contribution >= 0.6 is 0 Å². The normalized spacial score (nSPS) is 10.6. The Morgan fingerprint density at radius 1 is 0.947 bits per heavy atom. The van der Waals surface area contributed by atoms with E-state index in [0.717, 1.165) is 22.2 Å². The van der Waals surface area contributed by atoms with E-state index in [1.807, 2.05) is 54.7 Å². The third-order valence-corrected chi connectivity index (χ3v) is 3.24. The third-order valence-electron chi connectivity index (χ3n) is 3.24. The van der Waals surface area contributed by atoms with E-state index in [9.17, 15) is 4.79 Å². The fourth-order valence-corrected chi connectivity index (χ4v) is 2.25. The number of Topliss-reactive ketones (excluding diaryl/α,β-unsaturated/α-hetero) is 1. The summed E-state index contributed by atoms with van der Waals surface area (Å²) in [5.41, 5.74) is 2.96. The number of aromatic nitrogens is 1. The first kappa shape index (κ1) is 11.6. The molecule has 0 N–H and O–H groups in total. The number of ketones is 1. The zero-order valence-corrected chi connectivity index (χ0v) is 10.7. The molecule has 1 aromatic heterocycles. The SMILES string of the molecule is CC(=O)c1ccc2c(ccc[n+]2-c2ccccc2)c1. The highest BCUT2D eigenvalue weighted by Gasteiger charge is 2.12. The van der Waals surface area contributed by atoms with Gasteiger partial charge >= 0.3 is 0 Å². The molecule has 0 atom stereocenters. The highest BCUT2D eigenvalue weighted by atomic mass is 16.1. The lowest BCUT2D eigenvalue weighted by molar-refractivity contribution is -0.567. The van der Waals surface area contributed by atoms with Crippen LogP contribution in [0.2, 0.25) is 0 Å². The van der Waals surface area contributed by atoms with Gasteiger partial charge in [0.1, 0.15) is 0 Å². The van der Waals surface area contributed by atoms with Gasteiger partial charge in [-0.05, 0) is 25.1 Å². The summed E-state index contributed by atoms with van der Waals surface area (Å²) in [6.07, 6.45) is 2.03. The molecule has 19 heavy (non-hydrogen) atoms. The van der Waals surface area contributed by atoms with E-state index in [-0.39, 0.29) is 5.78 Å². The van der Waals surface area contributed by atoms with Crippen molar-refractivity contribution in [1.29, 1.82) is 0 Å². The Hall–Kier alpha value is -2.48. The molecule has 0 aliphatic heterocycles. The van der Waals surface area contributed by atoms with Crippen molar-refractivity contribution >= 4 is 16.7 Å². The van der Waals surface area contributed by atoms with E-state index in [0.29, 0.717) is 0 Å². The molecule has 0 saturated carbocycles. The molecule has 0 bridgehead atoms. The molecular formula is C17H14NO+. The molecule has 1 heterocycles. The van der Waals surface area contributed by atoms with Crippen molar-refractivity contribution < 1.29 is 9.36 Å². The number of hydrogen-bond donors (Lipinski definition) is 0. The average Bonchev–Trinajstić information content (AvgIpc) is 2.47. The largest absolute Gasteiger partial charge is 0.295 e. The van der Waals surface area contributed by atoms with Crippen molar-refractivity contribution in [2.24, 2.45) is 0 Å². The molecule has 2 heteroatoms. The second-order valence-corrected chi connectivity index (χ2v) is 4.54. The zero-order valence-electron chi connectivity index (χ0n) is 10.7. The average molecular weight is 248 g/mol. The molecule has 0 amide bonds. The molecule has 0 radical (unpaired) electrons. The van der Waals surface area contributed by atoms with Gasteiger partial charge < -0.3 is 0 Å². The van der Waals surface area contributed by atoms with E-state index in [1.54, 1.807) is 6.92 Å². The monoisotopic (exact) mass is 248 g/mol. The molecule has 0 spiro atoms. The fourth-order valence-electron chi connectivity index (χ4n) is 2.25. The van der Waals surface area contributed by atoms with E-state index >= 15 is 0 Å². The van der Waals surface area contributed by atoms with Crippen molar-refractivity contribution in [3.05, 3.63) is 72.4 Å². The second kappa shape index (κ2) is 4.65. The third kappa shape index (κ3) is 2.13. The van der Waals surface area contributed by atoms with E-state index in [4.69, 9.17) is 0 Å². The first-order valence-corrected chi connectivity index (χ1v) is 6.26. The van der Waals surface area contributed by atoms with Crippen molar-refractivity contribution in [3.63, 3.8) is 0 Å². The second-order valence-electron chi connectivity index (χ2n) is 4.54. The van der Waals surface area contributed by atoms with Gasteiger partial charge in [0, 0.05) is 35.2 Å². The summed E-state index contributed by atoms with van der Waals surface area (Å²) >= 11 is 0. The lowest BCUT2D eigenvalue weighted by atomic mass is 10.1. The van der Waals surface area contributed by atoms with Crippen LogP contribution in [0.5, 0.6) is 0 Å². The number of fused-ring (bicyclic) bond motifs is 1. The van der Waals surface area contributed by atoms with Gasteiger partial charge in [-0.2, -0.15) is 4.57 Å². The van der Waals surface area contributed by atoms with Crippen LogP contribution in [0.1, 0.15) is 17.3 Å². The van der Waals surface area contributed by atoms with E-state index in [1.165, 1.54) is 0 Å². The van der Waals surface area contributed by atoms with Crippen LogP contribution in [-0.4, -0.2) is 5.78 Å². The summed E-state index contributed by atoms with van der Waals surface area (Å²) in [5.74, 6) is 0.0945. The van der Waals surface area contributed by atoms with Gasteiger partial charge in [0.05, 0.1) is 0 Å². The smallest absolute Gasteiger partial charge is 0.218 e. The number of nitrogens with zero attached hydrogens (tertiary/aromatic N) is 1. The number of para-hydroxylation sites is 1. The standard InChI is InChI=1S/C17H14NO/c1-13(19)14-9-10-17-15(12-14)6-5-11-18(17)16-7-3-2-4-8-16/h2-12H,1H3/q+1. The number of rotatable bonds is 2. The van der Waals surface area contributed by atoms with Gasteiger partial charge in [0.25, 0.3) is 0 Å². The lowest BCUT2D eigenvalue weighted by Gasteiger charge is -2.02. The Morgan fingerprint density at radius 2 is 1.74 bits per heavy atom. The van der Waals surface area contributed by atoms with E-state index < -0.39 is 0 Å². The molecule has 3 aromatic rings. The van der Waals surface area contributed by atoms with Crippen molar-refractivity contribution in [3.8, 4) is 5.69 Å². The predicted molar refractivity (Wildman–Crippen MR) is 75.5 cm³/mol. The molecule has 92 valence electrons. The van der Waals surface area contributed by atoms with Gasteiger partial charge in [-0.15, -0.1) is 0 Å². The Bertz CT molecular complexity index is 748. The topological polar surface area (TPSA) is 20.9 Å². The molecular weight excluding hydrogens is 234 g/mol. The van der Waals surface area contributed by atoms with Crippen molar-refractivity contribution in [2.45, 2.75) is 6.92 Å². The van der Waals surface area contributed by atoms with Crippen LogP contribution in [-0.2, 0) is 0 Å². The maximum Gasteiger partial charge on any atom is 0.218 e. The minimum absolute atomic E-state index is 0.0945. The molecule has 2 nitrogen and oxygen atoms in total. The first-order valence-electron chi connectivity index (χ1n) is 6.26. The molecule has 0 fully saturated rings. The Kier molecular flexibility index (Phi) is 2.84. The van der Waals surface area contributed by atoms with Crippen LogP contribution < -0.4 is 4.57 Å². The fraction of sp³-hybridized carbons (Fsp3) is 0.0588. The van der Waals surface area contributed by atoms with Gasteiger partial charge in [-0.25, -0.2) is 0 Å². The van der Waals surface area contributed by atoms with Crippen molar-refractivity contribution in [2.75, 3.05) is 0 Å². The van der Waals surface area contributed by atoms with Crippen LogP contribution in [0, 0.1) is 0 Å². The number of benzene rings is 2. The molecule has 0 aliphatic carbocycles. The Balaban J connectivity index is 2.25. The summed E-state index contributed by atoms with van der Waals surface area (Å²) in [5, 5.41) is 1.07. The Labute approximate surface area is 111 Å². The van der Waals surface area contributed by atoms with Gasteiger partial charge in [-0.3, -0.25) is 4.79 Å². The van der Waals surface area contributed by atoms with Crippen LogP contribution in [0.3, 0.4) is 0 Å².